The van der Waals surface area contributed by atoms with Gasteiger partial charge in [0.25, 0.3) is 11.8 Å². The molecular weight excluding hydrogens is 369 g/mol. The van der Waals surface area contributed by atoms with Crippen LogP contribution in [0.15, 0.2) is 54.2 Å². The van der Waals surface area contributed by atoms with Crippen molar-refractivity contribution < 1.29 is 14.0 Å². The molecule has 4 rings (SSSR count). The molecule has 2 aromatic rings. The first-order valence-corrected chi connectivity index (χ1v) is 9.88. The van der Waals surface area contributed by atoms with Gasteiger partial charge in [0.05, 0.1) is 5.57 Å². The molecule has 2 heterocycles. The summed E-state index contributed by atoms with van der Waals surface area (Å²) >= 11 is 0. The van der Waals surface area contributed by atoms with Gasteiger partial charge in [0.15, 0.2) is 0 Å². The SMILES string of the molecule is CC1CCN(c2ccc(NC3=C(c4ccc(F)cc4)C(=O)N(C)C3=O)cc2)CC1. The number of rotatable bonds is 4. The molecule has 5 nitrogen and oxygen atoms in total. The van der Waals surface area contributed by atoms with E-state index in [2.05, 4.69) is 17.1 Å². The zero-order valence-electron chi connectivity index (χ0n) is 16.6. The van der Waals surface area contributed by atoms with Crippen LogP contribution in [0.1, 0.15) is 25.3 Å². The average Bonchev–Trinajstić information content (AvgIpc) is 2.94. The Hall–Kier alpha value is -3.15. The molecule has 0 spiro atoms. The molecule has 2 aromatic carbocycles. The molecule has 0 atom stereocenters. The number of halogens is 1. The van der Waals surface area contributed by atoms with E-state index in [0.717, 1.165) is 35.3 Å². The van der Waals surface area contributed by atoms with Crippen molar-refractivity contribution in [3.63, 3.8) is 0 Å². The molecule has 1 fully saturated rings. The summed E-state index contributed by atoms with van der Waals surface area (Å²) in [6.45, 7) is 4.38. The number of anilines is 2. The second-order valence-corrected chi connectivity index (χ2v) is 7.77. The Morgan fingerprint density at radius 2 is 1.55 bits per heavy atom. The number of benzene rings is 2. The first-order valence-electron chi connectivity index (χ1n) is 9.88. The van der Waals surface area contributed by atoms with E-state index in [1.807, 2.05) is 24.3 Å². The molecule has 6 heteroatoms. The van der Waals surface area contributed by atoms with Crippen LogP contribution in [0.3, 0.4) is 0 Å². The minimum Gasteiger partial charge on any atom is -0.372 e. The van der Waals surface area contributed by atoms with E-state index in [0.29, 0.717) is 5.56 Å². The van der Waals surface area contributed by atoms with Crippen LogP contribution in [-0.2, 0) is 9.59 Å². The highest BCUT2D eigenvalue weighted by Crippen LogP contribution is 2.30. The van der Waals surface area contributed by atoms with Gasteiger partial charge in [-0.1, -0.05) is 19.1 Å². The number of carbonyl (C=O) groups is 2. The van der Waals surface area contributed by atoms with E-state index in [1.165, 1.54) is 44.2 Å². The smallest absolute Gasteiger partial charge is 0.277 e. The Kier molecular flexibility index (Phi) is 5.09. The lowest BCUT2D eigenvalue weighted by molar-refractivity contribution is -0.135. The third-order valence-corrected chi connectivity index (χ3v) is 5.71. The van der Waals surface area contributed by atoms with E-state index >= 15 is 0 Å². The Bertz CT molecular complexity index is 959. The van der Waals surface area contributed by atoms with Crippen LogP contribution in [-0.4, -0.2) is 36.9 Å². The van der Waals surface area contributed by atoms with Crippen LogP contribution in [0.25, 0.3) is 5.57 Å². The van der Waals surface area contributed by atoms with Gasteiger partial charge in [-0.05, 0) is 60.7 Å². The molecule has 0 bridgehead atoms. The largest absolute Gasteiger partial charge is 0.372 e. The summed E-state index contributed by atoms with van der Waals surface area (Å²) in [7, 11) is 1.45. The molecular formula is C23H24FN3O2. The van der Waals surface area contributed by atoms with Gasteiger partial charge in [-0.25, -0.2) is 4.39 Å². The summed E-state index contributed by atoms with van der Waals surface area (Å²) in [5.41, 5.74) is 2.86. The van der Waals surface area contributed by atoms with Gasteiger partial charge in [0.2, 0.25) is 0 Å². The monoisotopic (exact) mass is 393 g/mol. The Morgan fingerprint density at radius 3 is 2.17 bits per heavy atom. The number of amides is 2. The van der Waals surface area contributed by atoms with Crippen LogP contribution in [0.4, 0.5) is 15.8 Å². The van der Waals surface area contributed by atoms with Crippen molar-refractivity contribution in [2.24, 2.45) is 5.92 Å². The molecule has 0 unspecified atom stereocenters. The predicted octanol–water partition coefficient (Wildman–Crippen LogP) is 3.88. The zero-order chi connectivity index (χ0) is 20.5. The summed E-state index contributed by atoms with van der Waals surface area (Å²) in [6, 6.07) is 13.5. The number of hydrogen-bond acceptors (Lipinski definition) is 4. The molecule has 0 radical (unpaired) electrons. The predicted molar refractivity (Wildman–Crippen MR) is 112 cm³/mol. The van der Waals surface area contributed by atoms with Crippen LogP contribution in [0.5, 0.6) is 0 Å². The minimum atomic E-state index is -0.400. The van der Waals surface area contributed by atoms with Crippen molar-refractivity contribution in [1.82, 2.24) is 4.90 Å². The van der Waals surface area contributed by atoms with Crippen molar-refractivity contribution in [1.29, 1.82) is 0 Å². The van der Waals surface area contributed by atoms with Crippen molar-refractivity contribution in [2.75, 3.05) is 30.4 Å². The van der Waals surface area contributed by atoms with Crippen LogP contribution in [0, 0.1) is 11.7 Å². The Balaban J connectivity index is 1.59. The maximum Gasteiger partial charge on any atom is 0.277 e. The highest BCUT2D eigenvalue weighted by atomic mass is 19.1. The highest BCUT2D eigenvalue weighted by Gasteiger charge is 2.36. The number of likely N-dealkylation sites (N-methyl/N-ethyl adjacent to an activating group) is 1. The van der Waals surface area contributed by atoms with Crippen LogP contribution < -0.4 is 10.2 Å². The molecule has 1 saturated heterocycles. The maximum absolute atomic E-state index is 13.3. The van der Waals surface area contributed by atoms with Gasteiger partial charge in [-0.2, -0.15) is 0 Å². The molecule has 2 aliphatic rings. The van der Waals surface area contributed by atoms with Gasteiger partial charge in [-0.3, -0.25) is 14.5 Å². The quantitative estimate of drug-likeness (QED) is 0.801. The topological polar surface area (TPSA) is 52.7 Å². The average molecular weight is 393 g/mol. The Labute approximate surface area is 169 Å². The number of nitrogens with one attached hydrogen (secondary N) is 1. The molecule has 0 aliphatic carbocycles. The van der Waals surface area contributed by atoms with E-state index in [-0.39, 0.29) is 11.3 Å². The molecule has 0 aromatic heterocycles. The van der Waals surface area contributed by atoms with E-state index in [4.69, 9.17) is 0 Å². The zero-order valence-corrected chi connectivity index (χ0v) is 16.6. The van der Waals surface area contributed by atoms with Crippen molar-refractivity contribution in [3.8, 4) is 0 Å². The lowest BCUT2D eigenvalue weighted by Crippen LogP contribution is -2.32. The van der Waals surface area contributed by atoms with Gasteiger partial charge in [-0.15, -0.1) is 0 Å². The van der Waals surface area contributed by atoms with Gasteiger partial charge >= 0.3 is 0 Å². The minimum absolute atomic E-state index is 0.212. The van der Waals surface area contributed by atoms with Gasteiger partial charge in [0, 0.05) is 31.5 Å². The van der Waals surface area contributed by atoms with E-state index in [9.17, 15) is 14.0 Å². The van der Waals surface area contributed by atoms with Gasteiger partial charge < -0.3 is 10.2 Å². The van der Waals surface area contributed by atoms with E-state index < -0.39 is 17.6 Å². The fourth-order valence-electron chi connectivity index (χ4n) is 3.81. The highest BCUT2D eigenvalue weighted by molar-refractivity contribution is 6.36. The van der Waals surface area contributed by atoms with Crippen LogP contribution >= 0.6 is 0 Å². The molecule has 2 amide bonds. The first-order chi connectivity index (χ1) is 13.9. The number of piperidine rings is 1. The third kappa shape index (κ3) is 3.75. The fourth-order valence-corrected chi connectivity index (χ4v) is 3.81. The molecule has 29 heavy (non-hydrogen) atoms. The van der Waals surface area contributed by atoms with Crippen molar-refractivity contribution in [2.45, 2.75) is 19.8 Å². The van der Waals surface area contributed by atoms with Gasteiger partial charge in [0.1, 0.15) is 11.5 Å². The summed E-state index contributed by atoms with van der Waals surface area (Å²) in [5.74, 6) is -0.421. The van der Waals surface area contributed by atoms with E-state index in [1.54, 1.807) is 0 Å². The fraction of sp³-hybridized carbons (Fsp3) is 0.304. The van der Waals surface area contributed by atoms with Crippen molar-refractivity contribution in [3.05, 3.63) is 65.6 Å². The number of imide groups is 1. The Morgan fingerprint density at radius 1 is 0.931 bits per heavy atom. The molecule has 2 aliphatic heterocycles. The normalized spacial score (nSPS) is 18.0. The summed E-state index contributed by atoms with van der Waals surface area (Å²) in [4.78, 5) is 28.7. The second kappa shape index (κ2) is 7.70. The summed E-state index contributed by atoms with van der Waals surface area (Å²) in [5, 5.41) is 3.11. The standard InChI is InChI=1S/C23H24FN3O2/c1-15-11-13-27(14-12-15)19-9-7-18(8-10-19)25-21-20(22(28)26(2)23(21)29)16-3-5-17(24)6-4-16/h3-10,15,25H,11-14H2,1-2H3. The summed E-state index contributed by atoms with van der Waals surface area (Å²) < 4.78 is 13.3. The molecule has 0 saturated carbocycles. The second-order valence-electron chi connectivity index (χ2n) is 7.77. The lowest BCUT2D eigenvalue weighted by atomic mass is 9.99. The number of nitrogens with zero attached hydrogens (tertiary/aromatic N) is 2. The summed E-state index contributed by atoms with van der Waals surface area (Å²) in [6.07, 6.45) is 2.38. The van der Waals surface area contributed by atoms with Crippen molar-refractivity contribution >= 4 is 28.8 Å². The number of carbonyl (C=O) groups excluding carboxylic acids is 2. The first kappa shape index (κ1) is 19.2. The maximum atomic E-state index is 13.3. The third-order valence-electron chi connectivity index (χ3n) is 5.71. The van der Waals surface area contributed by atoms with Crippen LogP contribution in [0.2, 0.25) is 0 Å². The lowest BCUT2D eigenvalue weighted by Gasteiger charge is -2.32. The number of hydrogen-bond donors (Lipinski definition) is 1. The molecule has 150 valence electrons. The molecule has 1 N–H and O–H groups in total.